The van der Waals surface area contributed by atoms with Crippen LogP contribution >= 0.6 is 0 Å². The van der Waals surface area contributed by atoms with Gasteiger partial charge in [0.05, 0.1) is 25.1 Å². The average Bonchev–Trinajstić information content (AvgIpc) is 3.18. The zero-order chi connectivity index (χ0) is 14.1. The summed E-state index contributed by atoms with van der Waals surface area (Å²) in [5, 5.41) is 10.4. The summed E-state index contributed by atoms with van der Waals surface area (Å²) < 4.78 is 0. The average molecular weight is 275 g/mol. The van der Waals surface area contributed by atoms with E-state index in [1.165, 1.54) is 5.06 Å². The maximum absolute atomic E-state index is 11.8. The van der Waals surface area contributed by atoms with Crippen LogP contribution < -0.4 is 5.06 Å². The summed E-state index contributed by atoms with van der Waals surface area (Å²) >= 11 is 0. The zero-order valence-electron chi connectivity index (χ0n) is 11.1. The van der Waals surface area contributed by atoms with Gasteiger partial charge in [-0.1, -0.05) is 18.2 Å². The van der Waals surface area contributed by atoms with Gasteiger partial charge in [-0.15, -0.1) is 0 Å². The molecular formula is C15H17NO4. The second kappa shape index (κ2) is 5.25. The Balaban J connectivity index is 1.95. The van der Waals surface area contributed by atoms with Crippen LogP contribution in [0.3, 0.4) is 0 Å². The molecule has 0 aromatic heterocycles. The van der Waals surface area contributed by atoms with Gasteiger partial charge >= 0.3 is 5.97 Å². The Hall–Kier alpha value is -1.88. The first-order valence-corrected chi connectivity index (χ1v) is 6.93. The van der Waals surface area contributed by atoms with Crippen molar-refractivity contribution in [2.24, 2.45) is 5.92 Å². The molecule has 0 radical (unpaired) electrons. The number of aliphatic carboxylic acids is 1. The number of para-hydroxylation sites is 1. The van der Waals surface area contributed by atoms with Crippen LogP contribution in [0, 0.1) is 5.92 Å². The maximum Gasteiger partial charge on any atom is 0.303 e. The summed E-state index contributed by atoms with van der Waals surface area (Å²) in [6.07, 6.45) is 2.59. The molecule has 5 nitrogen and oxygen atoms in total. The molecule has 1 N–H and O–H groups in total. The fourth-order valence-electron chi connectivity index (χ4n) is 2.80. The number of carbonyl (C=O) groups excluding carboxylic acids is 1. The van der Waals surface area contributed by atoms with Gasteiger partial charge in [-0.3, -0.25) is 14.4 Å². The number of hydrogen-bond acceptors (Lipinski definition) is 3. The lowest BCUT2D eigenvalue weighted by Gasteiger charge is -2.23. The molecule has 2 fully saturated rings. The van der Waals surface area contributed by atoms with Crippen LogP contribution in [-0.4, -0.2) is 23.6 Å². The first-order valence-electron chi connectivity index (χ1n) is 6.93. The molecule has 1 saturated carbocycles. The van der Waals surface area contributed by atoms with E-state index < -0.39 is 5.97 Å². The minimum absolute atomic E-state index is 0.0410. The fraction of sp³-hybridized carbons (Fsp3) is 0.467. The van der Waals surface area contributed by atoms with Gasteiger partial charge in [-0.05, 0) is 36.3 Å². The van der Waals surface area contributed by atoms with Gasteiger partial charge in [0, 0.05) is 0 Å². The number of nitrogens with zero attached hydrogens (tertiary/aromatic N) is 1. The van der Waals surface area contributed by atoms with Gasteiger partial charge in [0.1, 0.15) is 0 Å². The summed E-state index contributed by atoms with van der Waals surface area (Å²) in [5.41, 5.74) is 1.61. The summed E-state index contributed by atoms with van der Waals surface area (Å²) in [4.78, 5) is 28.3. The topological polar surface area (TPSA) is 66.8 Å². The summed E-state index contributed by atoms with van der Waals surface area (Å²) in [5.74, 6) is -0.502. The van der Waals surface area contributed by atoms with Crippen LogP contribution in [0.1, 0.15) is 37.2 Å². The van der Waals surface area contributed by atoms with Crippen LogP contribution in [0.4, 0.5) is 5.69 Å². The standard InChI is InChI=1S/C15H17NO4/c17-14-7-8-20-16(14)13-4-2-1-3-11(13)12(9-15(18)19)10-5-6-10/h1-4,10,12H,5-9H2,(H,18,19). The van der Waals surface area contributed by atoms with Crippen LogP contribution in [0.5, 0.6) is 0 Å². The number of hydroxylamine groups is 1. The van der Waals surface area contributed by atoms with Crippen molar-refractivity contribution in [3.05, 3.63) is 29.8 Å². The minimum Gasteiger partial charge on any atom is -0.481 e. The Morgan fingerprint density at radius 3 is 2.75 bits per heavy atom. The van der Waals surface area contributed by atoms with Gasteiger partial charge in [0.2, 0.25) is 0 Å². The Morgan fingerprint density at radius 2 is 2.15 bits per heavy atom. The number of amides is 1. The molecule has 2 aliphatic rings. The number of carbonyl (C=O) groups is 2. The monoisotopic (exact) mass is 275 g/mol. The third-order valence-electron chi connectivity index (χ3n) is 3.90. The molecule has 1 aliphatic carbocycles. The van der Waals surface area contributed by atoms with Crippen molar-refractivity contribution in [1.82, 2.24) is 0 Å². The molecule has 1 saturated heterocycles. The molecule has 1 heterocycles. The second-order valence-electron chi connectivity index (χ2n) is 5.37. The van der Waals surface area contributed by atoms with Crippen molar-refractivity contribution in [3.8, 4) is 0 Å². The number of carboxylic acid groups (broad SMARTS) is 1. The molecular weight excluding hydrogens is 258 g/mol. The molecule has 5 heteroatoms. The number of benzene rings is 1. The van der Waals surface area contributed by atoms with E-state index in [0.29, 0.717) is 24.6 Å². The largest absolute Gasteiger partial charge is 0.481 e. The normalized spacial score (nSPS) is 20.2. The molecule has 1 aromatic rings. The molecule has 3 rings (SSSR count). The Kier molecular flexibility index (Phi) is 3.44. The van der Waals surface area contributed by atoms with Gasteiger partial charge in [-0.25, -0.2) is 0 Å². The first-order chi connectivity index (χ1) is 9.66. The van der Waals surface area contributed by atoms with E-state index in [0.717, 1.165) is 18.4 Å². The molecule has 1 amide bonds. The van der Waals surface area contributed by atoms with Gasteiger partial charge < -0.3 is 5.11 Å². The van der Waals surface area contributed by atoms with Crippen molar-refractivity contribution < 1.29 is 19.5 Å². The van der Waals surface area contributed by atoms with E-state index >= 15 is 0 Å². The van der Waals surface area contributed by atoms with E-state index in [1.807, 2.05) is 24.3 Å². The summed E-state index contributed by atoms with van der Waals surface area (Å²) in [6, 6.07) is 7.47. The molecule has 1 aromatic carbocycles. The zero-order valence-corrected chi connectivity index (χ0v) is 11.1. The predicted octanol–water partition coefficient (Wildman–Crippen LogP) is 2.32. The number of anilines is 1. The van der Waals surface area contributed by atoms with Gasteiger partial charge in [0.25, 0.3) is 5.91 Å². The van der Waals surface area contributed by atoms with E-state index in [2.05, 4.69) is 0 Å². The SMILES string of the molecule is O=C(O)CC(c1ccccc1N1OCCC1=O)C1CC1. The summed E-state index contributed by atoms with van der Waals surface area (Å²) in [6.45, 7) is 0.389. The first kappa shape index (κ1) is 13.1. The maximum atomic E-state index is 11.8. The van der Waals surface area contributed by atoms with Crippen LogP contribution in [0.2, 0.25) is 0 Å². The molecule has 1 aliphatic heterocycles. The van der Waals surface area contributed by atoms with E-state index in [1.54, 1.807) is 0 Å². The predicted molar refractivity (Wildman–Crippen MR) is 72.2 cm³/mol. The van der Waals surface area contributed by atoms with E-state index in [-0.39, 0.29) is 18.2 Å². The van der Waals surface area contributed by atoms with E-state index in [4.69, 9.17) is 9.94 Å². The molecule has 0 spiro atoms. The smallest absolute Gasteiger partial charge is 0.303 e. The third-order valence-corrected chi connectivity index (χ3v) is 3.90. The highest BCUT2D eigenvalue weighted by Crippen LogP contribution is 2.47. The number of carboxylic acids is 1. The van der Waals surface area contributed by atoms with Crippen molar-refractivity contribution in [3.63, 3.8) is 0 Å². The highest BCUT2D eigenvalue weighted by atomic mass is 16.7. The molecule has 1 unspecified atom stereocenters. The van der Waals surface area contributed by atoms with Crippen LogP contribution in [0.15, 0.2) is 24.3 Å². The quantitative estimate of drug-likeness (QED) is 0.895. The van der Waals surface area contributed by atoms with Gasteiger partial charge in [0.15, 0.2) is 0 Å². The van der Waals surface area contributed by atoms with Crippen molar-refractivity contribution in [1.29, 1.82) is 0 Å². The van der Waals surface area contributed by atoms with Gasteiger partial charge in [-0.2, -0.15) is 5.06 Å². The van der Waals surface area contributed by atoms with Crippen LogP contribution in [-0.2, 0) is 14.4 Å². The van der Waals surface area contributed by atoms with Crippen molar-refractivity contribution in [2.45, 2.75) is 31.6 Å². The Labute approximate surface area is 117 Å². The molecule has 20 heavy (non-hydrogen) atoms. The lowest BCUT2D eigenvalue weighted by atomic mass is 9.89. The minimum atomic E-state index is -0.801. The Bertz CT molecular complexity index is 538. The molecule has 106 valence electrons. The number of rotatable bonds is 5. The fourth-order valence-corrected chi connectivity index (χ4v) is 2.80. The highest BCUT2D eigenvalue weighted by molar-refractivity contribution is 5.93. The summed E-state index contributed by atoms with van der Waals surface area (Å²) in [7, 11) is 0. The van der Waals surface area contributed by atoms with Crippen molar-refractivity contribution >= 4 is 17.6 Å². The number of hydrogen-bond donors (Lipinski definition) is 1. The second-order valence-corrected chi connectivity index (χ2v) is 5.37. The van der Waals surface area contributed by atoms with Crippen LogP contribution in [0.25, 0.3) is 0 Å². The van der Waals surface area contributed by atoms with Crippen molar-refractivity contribution in [2.75, 3.05) is 11.7 Å². The molecule has 1 atom stereocenters. The van der Waals surface area contributed by atoms with E-state index in [9.17, 15) is 9.59 Å². The Morgan fingerprint density at radius 1 is 1.40 bits per heavy atom. The third kappa shape index (κ3) is 2.54. The molecule has 0 bridgehead atoms. The lowest BCUT2D eigenvalue weighted by Crippen LogP contribution is -2.24. The highest BCUT2D eigenvalue weighted by Gasteiger charge is 2.37. The lowest BCUT2D eigenvalue weighted by molar-refractivity contribution is -0.137.